The normalized spacial score (nSPS) is 10.8. The summed E-state index contributed by atoms with van der Waals surface area (Å²) in [6, 6.07) is 5.13. The van der Waals surface area contributed by atoms with Crippen LogP contribution in [0.15, 0.2) is 18.2 Å². The van der Waals surface area contributed by atoms with Crippen LogP contribution in [0, 0.1) is 0 Å². The molecule has 3 rings (SSSR count). The van der Waals surface area contributed by atoms with E-state index in [9.17, 15) is 0 Å². The molecule has 2 aliphatic heterocycles. The van der Waals surface area contributed by atoms with Crippen molar-refractivity contribution in [2.75, 3.05) is 6.54 Å². The van der Waals surface area contributed by atoms with Crippen LogP contribution in [0.1, 0.15) is 32.6 Å². The average Bonchev–Trinajstić information content (AvgIpc) is 2.18. The minimum atomic E-state index is 0.222. The van der Waals surface area contributed by atoms with E-state index < -0.39 is 0 Å². The summed E-state index contributed by atoms with van der Waals surface area (Å²) in [5.74, 6) is 1.64. The van der Waals surface area contributed by atoms with Gasteiger partial charge in [0.2, 0.25) is 0 Å². The lowest BCUT2D eigenvalue weighted by atomic mass is 10.2. The summed E-state index contributed by atoms with van der Waals surface area (Å²) in [7, 11) is 0. The Bertz CT molecular complexity index is 287. The molecule has 0 radical (unpaired) electrons. The molecule has 2 bridgehead atoms. The minimum absolute atomic E-state index is 0.222. The predicted octanol–water partition coefficient (Wildman–Crippen LogP) is 3.02. The standard InChI is InChI=1S/C6H15N.C6H4O2/c1-2-3-4-5-6-7;7-5-2-1-4-3-6(5)8-4/h2-7H2,1H3;1-3,7H. The van der Waals surface area contributed by atoms with Crippen molar-refractivity contribution < 1.29 is 9.84 Å². The number of phenolic OH excluding ortho intramolecular Hbond substituents is 1. The van der Waals surface area contributed by atoms with E-state index in [2.05, 4.69) is 6.92 Å². The quantitative estimate of drug-likeness (QED) is 0.761. The van der Waals surface area contributed by atoms with E-state index >= 15 is 0 Å². The van der Waals surface area contributed by atoms with E-state index in [0.29, 0.717) is 5.75 Å². The van der Waals surface area contributed by atoms with Crippen molar-refractivity contribution in [3.8, 4) is 17.2 Å². The molecule has 3 heteroatoms. The van der Waals surface area contributed by atoms with Crippen molar-refractivity contribution in [1.82, 2.24) is 0 Å². The molecule has 3 nitrogen and oxygen atoms in total. The van der Waals surface area contributed by atoms with E-state index in [-0.39, 0.29) is 5.75 Å². The highest BCUT2D eigenvalue weighted by Crippen LogP contribution is 2.41. The lowest BCUT2D eigenvalue weighted by molar-refractivity contribution is 0.380. The van der Waals surface area contributed by atoms with Crippen LogP contribution in [-0.2, 0) is 0 Å². The zero-order valence-electron chi connectivity index (χ0n) is 9.20. The van der Waals surface area contributed by atoms with Gasteiger partial charge in [0.1, 0.15) is 5.75 Å². The van der Waals surface area contributed by atoms with E-state index in [1.54, 1.807) is 18.2 Å². The first kappa shape index (κ1) is 11.9. The van der Waals surface area contributed by atoms with Gasteiger partial charge in [-0.15, -0.1) is 0 Å². The molecule has 15 heavy (non-hydrogen) atoms. The largest absolute Gasteiger partial charge is 0.504 e. The Hall–Kier alpha value is -1.22. The molecule has 0 unspecified atom stereocenters. The van der Waals surface area contributed by atoms with E-state index in [1.165, 1.54) is 25.7 Å². The van der Waals surface area contributed by atoms with Crippen molar-refractivity contribution in [2.45, 2.75) is 32.6 Å². The van der Waals surface area contributed by atoms with Crippen LogP contribution in [0.2, 0.25) is 0 Å². The van der Waals surface area contributed by atoms with Gasteiger partial charge in [-0.25, -0.2) is 0 Å². The molecule has 0 aromatic heterocycles. The molecule has 0 amide bonds. The lowest BCUT2D eigenvalue weighted by Gasteiger charge is -2.15. The molecule has 0 fully saturated rings. The van der Waals surface area contributed by atoms with Crippen LogP contribution < -0.4 is 10.5 Å². The third kappa shape index (κ3) is 3.80. The fourth-order valence-electron chi connectivity index (χ4n) is 1.28. The van der Waals surface area contributed by atoms with Crippen molar-refractivity contribution in [3.05, 3.63) is 18.2 Å². The third-order valence-electron chi connectivity index (χ3n) is 2.22. The van der Waals surface area contributed by atoms with Crippen molar-refractivity contribution >= 4 is 0 Å². The average molecular weight is 209 g/mol. The Kier molecular flexibility index (Phi) is 4.98. The number of nitrogens with two attached hydrogens (primary N) is 1. The Morgan fingerprint density at radius 3 is 2.33 bits per heavy atom. The SMILES string of the molecule is CCCCCCN.Oc1ccc2cc1O2. The molecule has 2 heterocycles. The first-order chi connectivity index (χ1) is 7.27. The van der Waals surface area contributed by atoms with Gasteiger partial charge in [-0.2, -0.15) is 0 Å². The number of aromatic hydroxyl groups is 1. The second kappa shape index (κ2) is 6.30. The number of ether oxygens (including phenoxy) is 1. The molecular weight excluding hydrogens is 190 g/mol. The van der Waals surface area contributed by atoms with Gasteiger partial charge in [0, 0.05) is 6.07 Å². The Morgan fingerprint density at radius 1 is 1.27 bits per heavy atom. The van der Waals surface area contributed by atoms with Gasteiger partial charge >= 0.3 is 0 Å². The van der Waals surface area contributed by atoms with Gasteiger partial charge < -0.3 is 15.6 Å². The maximum absolute atomic E-state index is 8.84. The summed E-state index contributed by atoms with van der Waals surface area (Å²) in [5.41, 5.74) is 5.27. The molecule has 0 saturated heterocycles. The number of benzene rings is 1. The number of unbranched alkanes of at least 4 members (excludes halogenated alkanes) is 3. The topological polar surface area (TPSA) is 55.5 Å². The zero-order chi connectivity index (χ0) is 11.1. The summed E-state index contributed by atoms with van der Waals surface area (Å²) in [5, 5.41) is 8.84. The number of fused-ring (bicyclic) bond motifs is 2. The highest BCUT2D eigenvalue weighted by atomic mass is 16.5. The van der Waals surface area contributed by atoms with Crippen LogP contribution in [0.5, 0.6) is 17.2 Å². The van der Waals surface area contributed by atoms with Crippen LogP contribution in [0.4, 0.5) is 0 Å². The van der Waals surface area contributed by atoms with Crippen molar-refractivity contribution in [2.24, 2.45) is 5.73 Å². The van der Waals surface area contributed by atoms with Crippen molar-refractivity contribution in [3.63, 3.8) is 0 Å². The molecule has 0 aliphatic carbocycles. The molecule has 84 valence electrons. The van der Waals surface area contributed by atoms with Crippen LogP contribution in [0.25, 0.3) is 0 Å². The van der Waals surface area contributed by atoms with Gasteiger partial charge in [0.05, 0.1) is 0 Å². The zero-order valence-corrected chi connectivity index (χ0v) is 9.20. The first-order valence-corrected chi connectivity index (χ1v) is 5.49. The highest BCUT2D eigenvalue weighted by molar-refractivity contribution is 5.53. The monoisotopic (exact) mass is 209 g/mol. The summed E-state index contributed by atoms with van der Waals surface area (Å²) >= 11 is 0. The molecule has 0 atom stereocenters. The van der Waals surface area contributed by atoms with Crippen LogP contribution >= 0.6 is 0 Å². The number of rotatable bonds is 4. The molecule has 0 spiro atoms. The van der Waals surface area contributed by atoms with E-state index in [1.807, 2.05) is 0 Å². The number of hydrogen-bond donors (Lipinski definition) is 2. The van der Waals surface area contributed by atoms with Gasteiger partial charge in [-0.3, -0.25) is 0 Å². The van der Waals surface area contributed by atoms with Gasteiger partial charge in [-0.1, -0.05) is 26.2 Å². The fourth-order valence-corrected chi connectivity index (χ4v) is 1.28. The highest BCUT2D eigenvalue weighted by Gasteiger charge is 2.13. The minimum Gasteiger partial charge on any atom is -0.504 e. The molecule has 1 aromatic rings. The maximum Gasteiger partial charge on any atom is 0.172 e. The first-order valence-electron chi connectivity index (χ1n) is 5.49. The van der Waals surface area contributed by atoms with E-state index in [0.717, 1.165) is 12.3 Å². The second-order valence-electron chi connectivity index (χ2n) is 3.58. The van der Waals surface area contributed by atoms with Crippen LogP contribution in [0.3, 0.4) is 0 Å². The number of phenols is 1. The molecule has 1 aromatic carbocycles. The summed E-state index contributed by atoms with van der Waals surface area (Å²) in [6.07, 6.45) is 5.16. The maximum atomic E-state index is 8.84. The molecular formula is C12H19NO2. The summed E-state index contributed by atoms with van der Waals surface area (Å²) in [6.45, 7) is 3.07. The predicted molar refractivity (Wildman–Crippen MR) is 61.4 cm³/mol. The van der Waals surface area contributed by atoms with Gasteiger partial charge in [-0.05, 0) is 25.1 Å². The van der Waals surface area contributed by atoms with Gasteiger partial charge in [0.15, 0.2) is 11.5 Å². The Balaban J connectivity index is 0.000000153. The van der Waals surface area contributed by atoms with E-state index in [4.69, 9.17) is 15.6 Å². The third-order valence-corrected chi connectivity index (χ3v) is 2.22. The van der Waals surface area contributed by atoms with Crippen molar-refractivity contribution in [1.29, 1.82) is 0 Å². The summed E-state index contributed by atoms with van der Waals surface area (Å²) in [4.78, 5) is 0. The second-order valence-corrected chi connectivity index (χ2v) is 3.58. The van der Waals surface area contributed by atoms with Gasteiger partial charge in [0.25, 0.3) is 0 Å². The molecule has 2 aliphatic rings. The van der Waals surface area contributed by atoms with Crippen LogP contribution in [-0.4, -0.2) is 11.7 Å². The lowest BCUT2D eigenvalue weighted by Crippen LogP contribution is -1.97. The molecule has 3 N–H and O–H groups in total. The molecule has 0 saturated carbocycles. The number of hydrogen-bond acceptors (Lipinski definition) is 3. The summed E-state index contributed by atoms with van der Waals surface area (Å²) < 4.78 is 4.89. The fraction of sp³-hybridized carbons (Fsp3) is 0.500. The Labute approximate surface area is 90.9 Å². The smallest absolute Gasteiger partial charge is 0.172 e. The Morgan fingerprint density at radius 2 is 2.00 bits per heavy atom.